The zero-order valence-electron chi connectivity index (χ0n) is 13.4. The van der Waals surface area contributed by atoms with Gasteiger partial charge in [-0.2, -0.15) is 0 Å². The molecular weight excluding hydrogens is 311 g/mol. The molecule has 7 heteroatoms. The molecule has 2 N–H and O–H groups in total. The van der Waals surface area contributed by atoms with E-state index in [2.05, 4.69) is 15.0 Å². The molecule has 24 heavy (non-hydrogen) atoms. The highest BCUT2D eigenvalue weighted by Gasteiger charge is 2.27. The van der Waals surface area contributed by atoms with Crippen LogP contribution in [0.1, 0.15) is 43.6 Å². The topological polar surface area (TPSA) is 83.5 Å². The summed E-state index contributed by atoms with van der Waals surface area (Å²) in [6.45, 7) is 3.18. The second-order valence-corrected chi connectivity index (χ2v) is 6.62. The second-order valence-electron chi connectivity index (χ2n) is 6.62. The molecule has 1 aliphatic carbocycles. The zero-order chi connectivity index (χ0) is 17.1. The number of imidazole rings is 1. The van der Waals surface area contributed by atoms with Crippen molar-refractivity contribution >= 4 is 5.65 Å². The summed E-state index contributed by atoms with van der Waals surface area (Å²) in [4.78, 5) is 12.6. The van der Waals surface area contributed by atoms with E-state index in [-0.39, 0.29) is 5.82 Å². The fraction of sp³-hybridized carbons (Fsp3) is 0.353. The lowest BCUT2D eigenvalue weighted by molar-refractivity contribution is 0.0687. The van der Waals surface area contributed by atoms with Crippen molar-refractivity contribution in [1.82, 2.24) is 19.4 Å². The molecule has 3 aromatic rings. The maximum absolute atomic E-state index is 14.5. The lowest BCUT2D eigenvalue weighted by Crippen LogP contribution is -2.19. The van der Waals surface area contributed by atoms with Crippen LogP contribution >= 0.6 is 0 Å². The number of aryl methyl sites for hydroxylation is 1. The van der Waals surface area contributed by atoms with E-state index in [1.54, 1.807) is 20.0 Å². The first-order valence-electron chi connectivity index (χ1n) is 7.78. The normalized spacial score (nSPS) is 17.5. The Kier molecular flexibility index (Phi) is 3.20. The maximum Gasteiger partial charge on any atom is 0.159 e. The molecule has 1 unspecified atom stereocenters. The third-order valence-corrected chi connectivity index (χ3v) is 4.32. The number of aromatic nitrogens is 4. The summed E-state index contributed by atoms with van der Waals surface area (Å²) in [6, 6.07) is 1.35. The van der Waals surface area contributed by atoms with Crippen molar-refractivity contribution in [2.75, 3.05) is 0 Å². The SMILES string of the molecule is CC(C)(O)c1ncc(-c2cn3c4c(nc3cc2F)C(O)CC4)cn1. The summed E-state index contributed by atoms with van der Waals surface area (Å²) in [5.74, 6) is -0.153. The number of hydrogen-bond acceptors (Lipinski definition) is 5. The fourth-order valence-electron chi connectivity index (χ4n) is 3.05. The molecule has 4 rings (SSSR count). The van der Waals surface area contributed by atoms with Crippen LogP contribution in [-0.4, -0.2) is 29.6 Å². The third kappa shape index (κ3) is 2.28. The van der Waals surface area contributed by atoms with Crippen LogP contribution in [0.5, 0.6) is 0 Å². The molecule has 6 nitrogen and oxygen atoms in total. The first-order valence-corrected chi connectivity index (χ1v) is 7.78. The van der Waals surface area contributed by atoms with Crippen molar-refractivity contribution in [1.29, 1.82) is 0 Å². The number of halogens is 1. The first kappa shape index (κ1) is 15.2. The lowest BCUT2D eigenvalue weighted by atomic mass is 10.1. The van der Waals surface area contributed by atoms with Crippen LogP contribution in [0.2, 0.25) is 0 Å². The fourth-order valence-corrected chi connectivity index (χ4v) is 3.05. The van der Waals surface area contributed by atoms with E-state index in [4.69, 9.17) is 0 Å². The highest BCUT2D eigenvalue weighted by molar-refractivity contribution is 5.64. The Hall–Kier alpha value is -2.38. The Labute approximate surface area is 137 Å². The number of nitrogens with zero attached hydrogens (tertiary/aromatic N) is 4. The molecule has 0 fully saturated rings. The van der Waals surface area contributed by atoms with E-state index >= 15 is 0 Å². The highest BCUT2D eigenvalue weighted by atomic mass is 19.1. The summed E-state index contributed by atoms with van der Waals surface area (Å²) in [5.41, 5.74) is 1.74. The summed E-state index contributed by atoms with van der Waals surface area (Å²) in [7, 11) is 0. The van der Waals surface area contributed by atoms with Gasteiger partial charge in [-0.1, -0.05) is 0 Å². The van der Waals surface area contributed by atoms with Crippen molar-refractivity contribution in [3.05, 3.63) is 47.7 Å². The first-order chi connectivity index (χ1) is 11.3. The Morgan fingerprint density at radius 2 is 2.00 bits per heavy atom. The van der Waals surface area contributed by atoms with Gasteiger partial charge in [0.1, 0.15) is 17.1 Å². The van der Waals surface area contributed by atoms with Gasteiger partial charge in [-0.25, -0.2) is 19.3 Å². The van der Waals surface area contributed by atoms with Crippen LogP contribution in [0.3, 0.4) is 0 Å². The number of fused-ring (bicyclic) bond motifs is 3. The number of rotatable bonds is 2. The number of hydrogen-bond donors (Lipinski definition) is 2. The van der Waals surface area contributed by atoms with E-state index in [1.807, 2.05) is 4.40 Å². The van der Waals surface area contributed by atoms with Gasteiger partial charge in [-0.15, -0.1) is 0 Å². The van der Waals surface area contributed by atoms with Crippen LogP contribution in [0, 0.1) is 5.82 Å². The minimum Gasteiger partial charge on any atom is -0.387 e. The summed E-state index contributed by atoms with van der Waals surface area (Å²) in [5, 5.41) is 19.8. The Bertz CT molecular complexity index is 928. The summed E-state index contributed by atoms with van der Waals surface area (Å²) < 4.78 is 16.3. The number of aliphatic hydroxyl groups is 2. The van der Waals surface area contributed by atoms with Gasteiger partial charge in [0.2, 0.25) is 0 Å². The van der Waals surface area contributed by atoms with Gasteiger partial charge in [-0.3, -0.25) is 0 Å². The maximum atomic E-state index is 14.5. The Balaban J connectivity index is 1.83. The summed E-state index contributed by atoms with van der Waals surface area (Å²) >= 11 is 0. The molecular formula is C17H17FN4O2. The van der Waals surface area contributed by atoms with Crippen molar-refractivity contribution in [2.24, 2.45) is 0 Å². The predicted octanol–water partition coefficient (Wildman–Crippen LogP) is 2.14. The molecule has 0 spiro atoms. The minimum absolute atomic E-state index is 0.277. The van der Waals surface area contributed by atoms with Crippen LogP contribution < -0.4 is 0 Å². The monoisotopic (exact) mass is 328 g/mol. The zero-order valence-corrected chi connectivity index (χ0v) is 13.4. The summed E-state index contributed by atoms with van der Waals surface area (Å²) in [6.07, 6.45) is 5.42. The van der Waals surface area contributed by atoms with Gasteiger partial charge in [0.15, 0.2) is 5.82 Å². The predicted molar refractivity (Wildman–Crippen MR) is 84.7 cm³/mol. The van der Waals surface area contributed by atoms with Crippen LogP contribution in [0.25, 0.3) is 16.8 Å². The van der Waals surface area contributed by atoms with Crippen LogP contribution in [0.4, 0.5) is 4.39 Å². The van der Waals surface area contributed by atoms with Crippen LogP contribution in [-0.2, 0) is 12.0 Å². The number of aliphatic hydroxyl groups excluding tert-OH is 1. The van der Waals surface area contributed by atoms with Gasteiger partial charge in [0, 0.05) is 41.5 Å². The average Bonchev–Trinajstić information content (AvgIpc) is 3.05. The van der Waals surface area contributed by atoms with Crippen molar-refractivity contribution in [2.45, 2.75) is 38.4 Å². The van der Waals surface area contributed by atoms with E-state index < -0.39 is 17.5 Å². The van der Waals surface area contributed by atoms with E-state index in [0.717, 1.165) is 5.69 Å². The Morgan fingerprint density at radius 3 is 2.67 bits per heavy atom. The molecule has 0 radical (unpaired) electrons. The van der Waals surface area contributed by atoms with Crippen molar-refractivity contribution < 1.29 is 14.6 Å². The smallest absolute Gasteiger partial charge is 0.159 e. The van der Waals surface area contributed by atoms with Gasteiger partial charge in [0.25, 0.3) is 0 Å². The average molecular weight is 328 g/mol. The third-order valence-electron chi connectivity index (χ3n) is 4.32. The van der Waals surface area contributed by atoms with Gasteiger partial charge < -0.3 is 14.6 Å². The molecule has 0 saturated carbocycles. The van der Waals surface area contributed by atoms with Crippen molar-refractivity contribution in [3.63, 3.8) is 0 Å². The van der Waals surface area contributed by atoms with Crippen molar-refractivity contribution in [3.8, 4) is 11.1 Å². The quantitative estimate of drug-likeness (QED) is 0.753. The molecule has 0 aliphatic heterocycles. The molecule has 1 atom stereocenters. The van der Waals surface area contributed by atoms with Gasteiger partial charge >= 0.3 is 0 Å². The van der Waals surface area contributed by atoms with E-state index in [0.29, 0.717) is 35.3 Å². The van der Waals surface area contributed by atoms with Crippen LogP contribution in [0.15, 0.2) is 24.7 Å². The Morgan fingerprint density at radius 1 is 1.29 bits per heavy atom. The van der Waals surface area contributed by atoms with Gasteiger partial charge in [-0.05, 0) is 26.7 Å². The molecule has 0 saturated heterocycles. The van der Waals surface area contributed by atoms with E-state index in [1.165, 1.54) is 18.5 Å². The lowest BCUT2D eigenvalue weighted by Gasteiger charge is -2.15. The largest absolute Gasteiger partial charge is 0.387 e. The van der Waals surface area contributed by atoms with E-state index in [9.17, 15) is 14.6 Å². The standard InChI is InChI=1S/C17H17FN4O2/c1-17(2,24)16-19-6-9(7-20-16)10-8-22-12-3-4-13(23)15(12)21-14(22)5-11(10)18/h5-8,13,23-24H,3-4H2,1-2H3. The molecule has 3 aromatic heterocycles. The van der Waals surface area contributed by atoms with Gasteiger partial charge in [0.05, 0.1) is 11.8 Å². The highest BCUT2D eigenvalue weighted by Crippen LogP contribution is 2.33. The molecule has 0 amide bonds. The molecule has 124 valence electrons. The molecule has 0 bridgehead atoms. The molecule has 1 aliphatic rings. The number of pyridine rings is 1. The molecule has 0 aromatic carbocycles. The molecule has 3 heterocycles. The minimum atomic E-state index is -1.15. The second kappa shape index (κ2) is 5.06.